The van der Waals surface area contributed by atoms with Crippen LogP contribution in [0.4, 0.5) is 0 Å². The molecule has 22 heavy (non-hydrogen) atoms. The molecule has 1 atom stereocenters. The third-order valence-corrected chi connectivity index (χ3v) is 3.88. The maximum atomic E-state index is 5.40. The zero-order valence-corrected chi connectivity index (χ0v) is 13.4. The van der Waals surface area contributed by atoms with Gasteiger partial charge >= 0.3 is 0 Å². The molecule has 0 spiro atoms. The summed E-state index contributed by atoms with van der Waals surface area (Å²) >= 11 is 0. The van der Waals surface area contributed by atoms with E-state index < -0.39 is 0 Å². The summed E-state index contributed by atoms with van der Waals surface area (Å²) in [5, 5.41) is 7.59. The third-order valence-electron chi connectivity index (χ3n) is 3.88. The van der Waals surface area contributed by atoms with Crippen LogP contribution < -0.4 is 5.32 Å². The average molecular weight is 301 g/mol. The Hall–Kier alpha value is -1.79. The fourth-order valence-corrected chi connectivity index (χ4v) is 2.64. The smallest absolute Gasteiger partial charge is 0.232 e. The highest BCUT2D eigenvalue weighted by Crippen LogP contribution is 2.24. The molecule has 1 unspecified atom stereocenters. The predicted molar refractivity (Wildman–Crippen MR) is 83.3 cm³/mol. The molecule has 0 aliphatic carbocycles. The summed E-state index contributed by atoms with van der Waals surface area (Å²) in [7, 11) is 0. The van der Waals surface area contributed by atoms with Crippen LogP contribution in [-0.4, -0.2) is 39.7 Å². The van der Waals surface area contributed by atoms with Crippen LogP contribution >= 0.6 is 0 Å². The number of piperazine rings is 1. The van der Waals surface area contributed by atoms with E-state index in [0.717, 1.165) is 25.5 Å². The number of pyridine rings is 1. The van der Waals surface area contributed by atoms with Gasteiger partial charge in [0.2, 0.25) is 5.89 Å². The quantitative estimate of drug-likeness (QED) is 0.934. The Balaban J connectivity index is 1.76. The van der Waals surface area contributed by atoms with E-state index in [9.17, 15) is 0 Å². The molecule has 6 nitrogen and oxygen atoms in total. The lowest BCUT2D eigenvalue weighted by Gasteiger charge is -2.35. The number of rotatable bonds is 3. The second kappa shape index (κ2) is 6.14. The van der Waals surface area contributed by atoms with E-state index >= 15 is 0 Å². The highest BCUT2D eigenvalue weighted by molar-refractivity contribution is 5.15. The van der Waals surface area contributed by atoms with Crippen LogP contribution in [0.15, 0.2) is 29.0 Å². The number of nitrogens with one attached hydrogen (secondary N) is 1. The molecule has 1 aliphatic heterocycles. The first-order valence-electron chi connectivity index (χ1n) is 7.72. The molecule has 0 bridgehead atoms. The minimum absolute atomic E-state index is 0.114. The highest BCUT2D eigenvalue weighted by atomic mass is 16.5. The summed E-state index contributed by atoms with van der Waals surface area (Å²) in [6.45, 7) is 9.77. The highest BCUT2D eigenvalue weighted by Gasteiger charge is 2.27. The van der Waals surface area contributed by atoms with Gasteiger partial charge in [0.05, 0.1) is 6.54 Å². The monoisotopic (exact) mass is 301 g/mol. The summed E-state index contributed by atoms with van der Waals surface area (Å²) in [6.07, 6.45) is 3.74. The van der Waals surface area contributed by atoms with Crippen LogP contribution in [0.3, 0.4) is 0 Å². The van der Waals surface area contributed by atoms with E-state index in [1.165, 1.54) is 5.56 Å². The first-order chi connectivity index (χ1) is 10.5. The van der Waals surface area contributed by atoms with Gasteiger partial charge in [-0.05, 0) is 11.6 Å². The largest absolute Gasteiger partial charge is 0.339 e. The molecule has 1 N–H and O–H groups in total. The molecule has 0 saturated carbocycles. The number of nitrogens with zero attached hydrogens (tertiary/aromatic N) is 4. The minimum Gasteiger partial charge on any atom is -0.339 e. The second-order valence-electron chi connectivity index (χ2n) is 6.74. The molecule has 2 aromatic rings. The van der Waals surface area contributed by atoms with Crippen molar-refractivity contribution in [1.29, 1.82) is 0 Å². The first kappa shape index (κ1) is 15.1. The van der Waals surface area contributed by atoms with E-state index in [1.807, 2.05) is 12.3 Å². The van der Waals surface area contributed by atoms with Gasteiger partial charge in [0, 0.05) is 43.5 Å². The van der Waals surface area contributed by atoms with Gasteiger partial charge in [-0.15, -0.1) is 0 Å². The Bertz CT molecular complexity index is 604. The summed E-state index contributed by atoms with van der Waals surface area (Å²) < 4.78 is 5.40. The van der Waals surface area contributed by atoms with Crippen LogP contribution in [0, 0.1) is 0 Å². The van der Waals surface area contributed by atoms with Gasteiger partial charge in [-0.1, -0.05) is 32.0 Å². The summed E-state index contributed by atoms with van der Waals surface area (Å²) in [4.78, 5) is 11.2. The first-order valence-corrected chi connectivity index (χ1v) is 7.72. The molecule has 3 rings (SSSR count). The molecular weight excluding hydrogens is 278 g/mol. The maximum Gasteiger partial charge on any atom is 0.232 e. The van der Waals surface area contributed by atoms with Crippen molar-refractivity contribution < 1.29 is 4.52 Å². The number of hydrogen-bond acceptors (Lipinski definition) is 6. The normalized spacial score (nSPS) is 20.2. The topological polar surface area (TPSA) is 67.1 Å². The van der Waals surface area contributed by atoms with Gasteiger partial charge in [0.25, 0.3) is 0 Å². The summed E-state index contributed by atoms with van der Waals surface area (Å²) in [6, 6.07) is 4.39. The van der Waals surface area contributed by atoms with Crippen LogP contribution in [0.25, 0.3) is 0 Å². The molecule has 1 aliphatic rings. The standard InChI is InChI=1S/C16H23N5O/c1-16(2,3)15-19-14(20-22-15)11-21-8-7-18-10-13(21)12-5-4-6-17-9-12/h4-6,9,13,18H,7-8,10-11H2,1-3H3. The molecule has 2 aromatic heterocycles. The minimum atomic E-state index is -0.114. The Morgan fingerprint density at radius 3 is 2.95 bits per heavy atom. The van der Waals surface area contributed by atoms with Gasteiger partial charge in [0.15, 0.2) is 5.82 Å². The lowest BCUT2D eigenvalue weighted by Crippen LogP contribution is -2.45. The van der Waals surface area contributed by atoms with Crippen LogP contribution in [0.2, 0.25) is 0 Å². The summed E-state index contributed by atoms with van der Waals surface area (Å²) in [5.74, 6) is 1.44. The molecule has 118 valence electrons. The maximum absolute atomic E-state index is 5.40. The summed E-state index contributed by atoms with van der Waals surface area (Å²) in [5.41, 5.74) is 1.10. The van der Waals surface area contributed by atoms with Crippen molar-refractivity contribution in [2.45, 2.75) is 38.8 Å². The lowest BCUT2D eigenvalue weighted by atomic mass is 9.97. The van der Waals surface area contributed by atoms with Gasteiger partial charge in [-0.3, -0.25) is 9.88 Å². The van der Waals surface area contributed by atoms with Crippen LogP contribution in [0.5, 0.6) is 0 Å². The SMILES string of the molecule is CC(C)(C)c1nc(CN2CCNCC2c2cccnc2)no1. The molecule has 1 fully saturated rings. The van der Waals surface area contributed by atoms with Gasteiger partial charge in [-0.2, -0.15) is 4.98 Å². The molecule has 3 heterocycles. The van der Waals surface area contributed by atoms with Gasteiger partial charge < -0.3 is 9.84 Å². The number of aromatic nitrogens is 3. The van der Waals surface area contributed by atoms with Gasteiger partial charge in [-0.25, -0.2) is 0 Å². The molecule has 0 radical (unpaired) electrons. The van der Waals surface area contributed by atoms with Crippen molar-refractivity contribution in [1.82, 2.24) is 25.3 Å². The van der Waals surface area contributed by atoms with Crippen LogP contribution in [-0.2, 0) is 12.0 Å². The third kappa shape index (κ3) is 3.34. The van der Waals surface area contributed by atoms with E-state index in [4.69, 9.17) is 4.52 Å². The van der Waals surface area contributed by atoms with Gasteiger partial charge in [0.1, 0.15) is 0 Å². The lowest BCUT2D eigenvalue weighted by molar-refractivity contribution is 0.148. The molecule has 0 aromatic carbocycles. The fraction of sp³-hybridized carbons (Fsp3) is 0.562. The molecular formula is C16H23N5O. The molecule has 0 amide bonds. The van der Waals surface area contributed by atoms with Crippen molar-refractivity contribution in [3.8, 4) is 0 Å². The molecule has 1 saturated heterocycles. The van der Waals surface area contributed by atoms with E-state index in [0.29, 0.717) is 18.5 Å². The van der Waals surface area contributed by atoms with Crippen molar-refractivity contribution in [3.05, 3.63) is 41.8 Å². The Labute approximate surface area is 130 Å². The van der Waals surface area contributed by atoms with E-state index in [-0.39, 0.29) is 5.41 Å². The number of hydrogen-bond donors (Lipinski definition) is 1. The van der Waals surface area contributed by atoms with Crippen molar-refractivity contribution >= 4 is 0 Å². The van der Waals surface area contributed by atoms with E-state index in [2.05, 4.69) is 52.2 Å². The van der Waals surface area contributed by atoms with Crippen molar-refractivity contribution in [2.24, 2.45) is 0 Å². The zero-order valence-electron chi connectivity index (χ0n) is 13.4. The van der Waals surface area contributed by atoms with E-state index in [1.54, 1.807) is 6.20 Å². The van der Waals surface area contributed by atoms with Crippen molar-refractivity contribution in [2.75, 3.05) is 19.6 Å². The molecule has 6 heteroatoms. The fourth-order valence-electron chi connectivity index (χ4n) is 2.64. The Morgan fingerprint density at radius 2 is 2.27 bits per heavy atom. The average Bonchev–Trinajstić information content (AvgIpc) is 2.97. The zero-order chi connectivity index (χ0) is 15.6. The van der Waals surface area contributed by atoms with Crippen LogP contribution in [0.1, 0.15) is 44.1 Å². The Kier molecular flexibility index (Phi) is 4.22. The predicted octanol–water partition coefficient (Wildman–Crippen LogP) is 1.91. The van der Waals surface area contributed by atoms with Crippen molar-refractivity contribution in [3.63, 3.8) is 0 Å². The second-order valence-corrected chi connectivity index (χ2v) is 6.74. The Morgan fingerprint density at radius 1 is 1.41 bits per heavy atom.